The van der Waals surface area contributed by atoms with Crippen molar-refractivity contribution in [2.24, 2.45) is 0 Å². The first-order valence-corrected chi connectivity index (χ1v) is 10.3. The van der Waals surface area contributed by atoms with Crippen LogP contribution in [0.2, 0.25) is 0 Å². The van der Waals surface area contributed by atoms with Crippen LogP contribution in [0.5, 0.6) is 5.75 Å². The van der Waals surface area contributed by atoms with Crippen molar-refractivity contribution in [1.82, 2.24) is 14.8 Å². The summed E-state index contributed by atoms with van der Waals surface area (Å²) in [5, 5.41) is 3.11. The van der Waals surface area contributed by atoms with Crippen molar-refractivity contribution in [3.05, 3.63) is 45.9 Å². The van der Waals surface area contributed by atoms with Crippen LogP contribution >= 0.6 is 11.3 Å². The predicted octanol–water partition coefficient (Wildman–Crippen LogP) is 3.34. The molecule has 1 aliphatic heterocycles. The molecule has 0 aliphatic carbocycles. The molecule has 3 rings (SSSR count). The van der Waals surface area contributed by atoms with Gasteiger partial charge in [-0.25, -0.2) is 4.98 Å². The lowest BCUT2D eigenvalue weighted by Crippen LogP contribution is -2.48. The van der Waals surface area contributed by atoms with E-state index in [4.69, 9.17) is 4.74 Å². The largest absolute Gasteiger partial charge is 0.496 e. The van der Waals surface area contributed by atoms with E-state index in [1.54, 1.807) is 18.4 Å². The van der Waals surface area contributed by atoms with Gasteiger partial charge in [-0.05, 0) is 6.07 Å². The van der Waals surface area contributed by atoms with Crippen molar-refractivity contribution in [2.75, 3.05) is 33.3 Å². The maximum Gasteiger partial charge on any atom is 0.228 e. The number of rotatable bonds is 5. The summed E-state index contributed by atoms with van der Waals surface area (Å²) >= 11 is 1.65. The van der Waals surface area contributed by atoms with E-state index in [9.17, 15) is 4.79 Å². The zero-order chi connectivity index (χ0) is 19.4. The molecule has 1 amide bonds. The summed E-state index contributed by atoms with van der Waals surface area (Å²) in [5.41, 5.74) is 2.12. The molecule has 2 heterocycles. The molecule has 1 fully saturated rings. The number of methoxy groups -OCH3 is 1. The summed E-state index contributed by atoms with van der Waals surface area (Å²) in [6, 6.07) is 8.13. The van der Waals surface area contributed by atoms with E-state index in [-0.39, 0.29) is 11.3 Å². The second-order valence-electron chi connectivity index (χ2n) is 8.04. The third-order valence-corrected chi connectivity index (χ3v) is 6.15. The maximum atomic E-state index is 12.6. The first-order chi connectivity index (χ1) is 12.9. The second kappa shape index (κ2) is 8.40. The molecule has 0 bridgehead atoms. The summed E-state index contributed by atoms with van der Waals surface area (Å²) in [6.45, 7) is 10.6. The van der Waals surface area contributed by atoms with Crippen molar-refractivity contribution in [2.45, 2.75) is 39.2 Å². The second-order valence-corrected chi connectivity index (χ2v) is 8.90. The molecular weight excluding hydrogens is 358 g/mol. The Labute approximate surface area is 166 Å². The number of aromatic nitrogens is 1. The van der Waals surface area contributed by atoms with Crippen molar-refractivity contribution in [3.8, 4) is 5.75 Å². The molecular formula is C21H29N3O2S. The monoisotopic (exact) mass is 387 g/mol. The van der Waals surface area contributed by atoms with Crippen LogP contribution in [-0.2, 0) is 23.2 Å². The Bertz CT molecular complexity index is 774. The first kappa shape index (κ1) is 19.8. The third-order valence-electron chi connectivity index (χ3n) is 4.84. The van der Waals surface area contributed by atoms with Gasteiger partial charge in [0, 0.05) is 49.1 Å². The third kappa shape index (κ3) is 5.08. The summed E-state index contributed by atoms with van der Waals surface area (Å²) in [6.07, 6.45) is 0.402. The number of benzene rings is 1. The van der Waals surface area contributed by atoms with E-state index in [1.807, 2.05) is 28.5 Å². The van der Waals surface area contributed by atoms with Gasteiger partial charge in [-0.15, -0.1) is 11.3 Å². The van der Waals surface area contributed by atoms with Crippen LogP contribution in [0.3, 0.4) is 0 Å². The lowest BCUT2D eigenvalue weighted by molar-refractivity contribution is -0.132. The normalized spacial score (nSPS) is 15.8. The Balaban J connectivity index is 1.51. The molecule has 0 radical (unpaired) electrons. The van der Waals surface area contributed by atoms with Crippen LogP contribution in [0.15, 0.2) is 29.6 Å². The van der Waals surface area contributed by atoms with Gasteiger partial charge in [0.15, 0.2) is 0 Å². The fourth-order valence-electron chi connectivity index (χ4n) is 3.23. The Morgan fingerprint density at radius 3 is 2.52 bits per heavy atom. The molecule has 0 saturated carbocycles. The predicted molar refractivity (Wildman–Crippen MR) is 109 cm³/mol. The molecule has 0 atom stereocenters. The smallest absolute Gasteiger partial charge is 0.228 e. The molecule has 0 unspecified atom stereocenters. The number of amides is 1. The molecule has 146 valence electrons. The molecule has 0 N–H and O–H groups in total. The lowest BCUT2D eigenvalue weighted by atomic mass is 9.98. The van der Waals surface area contributed by atoms with E-state index in [2.05, 4.69) is 36.7 Å². The van der Waals surface area contributed by atoms with Gasteiger partial charge in [0.05, 0.1) is 24.2 Å². The number of nitrogens with zero attached hydrogens (tertiary/aromatic N) is 3. The standard InChI is InChI=1S/C21H29N3O2S/c1-21(2,3)20-22-17(15-27-20)13-19(25)24-11-9-23(10-12-24)14-16-7-5-6-8-18(16)26-4/h5-8,15H,9-14H2,1-4H3. The van der Waals surface area contributed by atoms with Crippen LogP contribution in [0.1, 0.15) is 37.0 Å². The Kier molecular flexibility index (Phi) is 6.17. The molecule has 1 aliphatic rings. The summed E-state index contributed by atoms with van der Waals surface area (Å²) in [7, 11) is 1.71. The van der Waals surface area contributed by atoms with E-state index in [0.29, 0.717) is 6.42 Å². The van der Waals surface area contributed by atoms with Crippen LogP contribution in [0.25, 0.3) is 0 Å². The minimum Gasteiger partial charge on any atom is -0.496 e. The van der Waals surface area contributed by atoms with Gasteiger partial charge in [0.2, 0.25) is 5.91 Å². The molecule has 27 heavy (non-hydrogen) atoms. The highest BCUT2D eigenvalue weighted by molar-refractivity contribution is 7.09. The van der Waals surface area contributed by atoms with Gasteiger partial charge in [0.25, 0.3) is 0 Å². The number of hydrogen-bond donors (Lipinski definition) is 0. The lowest BCUT2D eigenvalue weighted by Gasteiger charge is -2.35. The topological polar surface area (TPSA) is 45.7 Å². The van der Waals surface area contributed by atoms with Crippen molar-refractivity contribution >= 4 is 17.2 Å². The number of hydrogen-bond acceptors (Lipinski definition) is 5. The highest BCUT2D eigenvalue weighted by Crippen LogP contribution is 2.26. The van der Waals surface area contributed by atoms with E-state index < -0.39 is 0 Å². The Morgan fingerprint density at radius 2 is 1.89 bits per heavy atom. The molecule has 2 aromatic rings. The Hall–Kier alpha value is -1.92. The number of carbonyl (C=O) groups excluding carboxylic acids is 1. The zero-order valence-corrected chi connectivity index (χ0v) is 17.5. The molecule has 0 spiro atoms. The average Bonchev–Trinajstić information content (AvgIpc) is 3.12. The molecule has 1 saturated heterocycles. The van der Waals surface area contributed by atoms with E-state index in [1.165, 1.54) is 5.56 Å². The number of piperazine rings is 1. The fraction of sp³-hybridized carbons (Fsp3) is 0.524. The minimum atomic E-state index is 0.0378. The van der Waals surface area contributed by atoms with Crippen LogP contribution < -0.4 is 4.74 Å². The van der Waals surface area contributed by atoms with Crippen molar-refractivity contribution in [3.63, 3.8) is 0 Å². The van der Waals surface area contributed by atoms with E-state index >= 15 is 0 Å². The van der Waals surface area contributed by atoms with Gasteiger partial charge < -0.3 is 9.64 Å². The number of thiazole rings is 1. The summed E-state index contributed by atoms with van der Waals surface area (Å²) in [5.74, 6) is 1.10. The fourth-order valence-corrected chi connectivity index (χ4v) is 4.14. The molecule has 6 heteroatoms. The van der Waals surface area contributed by atoms with Crippen LogP contribution in [-0.4, -0.2) is 54.0 Å². The van der Waals surface area contributed by atoms with Gasteiger partial charge in [0.1, 0.15) is 5.75 Å². The minimum absolute atomic E-state index is 0.0378. The quantitative estimate of drug-likeness (QED) is 0.789. The van der Waals surface area contributed by atoms with E-state index in [0.717, 1.165) is 49.2 Å². The van der Waals surface area contributed by atoms with Crippen LogP contribution in [0.4, 0.5) is 0 Å². The average molecular weight is 388 g/mol. The number of ether oxygens (including phenoxy) is 1. The molecule has 1 aromatic heterocycles. The maximum absolute atomic E-state index is 12.6. The molecule has 5 nitrogen and oxygen atoms in total. The Morgan fingerprint density at radius 1 is 1.19 bits per heavy atom. The number of carbonyl (C=O) groups is 1. The van der Waals surface area contributed by atoms with Gasteiger partial charge in [-0.2, -0.15) is 0 Å². The number of para-hydroxylation sites is 1. The van der Waals surface area contributed by atoms with Crippen LogP contribution in [0, 0.1) is 0 Å². The first-order valence-electron chi connectivity index (χ1n) is 9.43. The summed E-state index contributed by atoms with van der Waals surface area (Å²) in [4.78, 5) is 21.6. The van der Waals surface area contributed by atoms with Gasteiger partial charge in [-0.3, -0.25) is 9.69 Å². The van der Waals surface area contributed by atoms with Gasteiger partial charge >= 0.3 is 0 Å². The van der Waals surface area contributed by atoms with Crippen molar-refractivity contribution in [1.29, 1.82) is 0 Å². The van der Waals surface area contributed by atoms with Crippen molar-refractivity contribution < 1.29 is 9.53 Å². The SMILES string of the molecule is COc1ccccc1CN1CCN(C(=O)Cc2csc(C(C)(C)C)n2)CC1. The van der Waals surface area contributed by atoms with Gasteiger partial charge in [-0.1, -0.05) is 39.0 Å². The molecule has 1 aromatic carbocycles. The zero-order valence-electron chi connectivity index (χ0n) is 16.7. The highest BCUT2D eigenvalue weighted by Gasteiger charge is 2.24. The highest BCUT2D eigenvalue weighted by atomic mass is 32.1. The summed E-state index contributed by atoms with van der Waals surface area (Å²) < 4.78 is 5.44.